The van der Waals surface area contributed by atoms with E-state index in [0.29, 0.717) is 45.9 Å². The van der Waals surface area contributed by atoms with Crippen molar-refractivity contribution in [2.45, 2.75) is 37.0 Å². The van der Waals surface area contributed by atoms with Gasteiger partial charge in [0.25, 0.3) is 0 Å². The second kappa shape index (κ2) is 14.8. The van der Waals surface area contributed by atoms with Crippen LogP contribution in [0.5, 0.6) is 0 Å². The van der Waals surface area contributed by atoms with Gasteiger partial charge in [-0.1, -0.05) is 82.9 Å². The lowest BCUT2D eigenvalue weighted by atomic mass is 10.1. The van der Waals surface area contributed by atoms with E-state index in [4.69, 9.17) is 43.6 Å². The molecule has 0 aliphatic rings. The summed E-state index contributed by atoms with van der Waals surface area (Å²) in [6.07, 6.45) is 3.50. The molecule has 0 bridgehead atoms. The Morgan fingerprint density at radius 2 is 0.981 bits per heavy atom. The van der Waals surface area contributed by atoms with Gasteiger partial charge in [-0.3, -0.25) is 0 Å². The van der Waals surface area contributed by atoms with Crippen molar-refractivity contribution in [2.24, 2.45) is 0 Å². The SMILES string of the molecule is Cc1cccc(Cn2nnc(-c3cnn(-c4ccc(Cl)cc4)c3SSc3c(-c4nnn(Cc5cccc(C)c5)n4)cnn3-c3ccc(Cl)cc3)n2)c1. The molecule has 0 spiro atoms. The molecule has 16 heteroatoms. The van der Waals surface area contributed by atoms with Gasteiger partial charge in [0.2, 0.25) is 11.6 Å². The van der Waals surface area contributed by atoms with E-state index in [2.05, 4.69) is 58.7 Å². The first kappa shape index (κ1) is 33.8. The van der Waals surface area contributed by atoms with E-state index in [9.17, 15) is 0 Å². The van der Waals surface area contributed by atoms with Crippen LogP contribution in [-0.2, 0) is 13.1 Å². The van der Waals surface area contributed by atoms with Gasteiger partial charge in [0.15, 0.2) is 0 Å². The molecule has 4 heterocycles. The maximum atomic E-state index is 6.26. The fraction of sp³-hybridized carbons (Fsp3) is 0.111. The van der Waals surface area contributed by atoms with Crippen LogP contribution in [0.25, 0.3) is 34.2 Å². The molecule has 0 amide bonds. The lowest BCUT2D eigenvalue weighted by molar-refractivity contribution is 0.572. The van der Waals surface area contributed by atoms with Crippen molar-refractivity contribution >= 4 is 44.8 Å². The Hall–Kier alpha value is -5.28. The van der Waals surface area contributed by atoms with Crippen LogP contribution in [-0.4, -0.2) is 60.0 Å². The summed E-state index contributed by atoms with van der Waals surface area (Å²) in [6, 6.07) is 31.4. The molecule has 0 unspecified atom stereocenters. The molecule has 0 aliphatic heterocycles. The van der Waals surface area contributed by atoms with E-state index in [0.717, 1.165) is 32.6 Å². The summed E-state index contributed by atoms with van der Waals surface area (Å²) in [5, 5.41) is 39.4. The number of benzene rings is 4. The molecule has 52 heavy (non-hydrogen) atoms. The summed E-state index contributed by atoms with van der Waals surface area (Å²) < 4.78 is 3.67. The molecular formula is C36H28Cl2N12S2. The van der Waals surface area contributed by atoms with Crippen LogP contribution in [0.3, 0.4) is 0 Å². The summed E-state index contributed by atoms with van der Waals surface area (Å²) in [4.78, 5) is 3.18. The number of hydrogen-bond donors (Lipinski definition) is 0. The van der Waals surface area contributed by atoms with Crippen molar-refractivity contribution in [3.63, 3.8) is 0 Å². The second-order valence-electron chi connectivity index (χ2n) is 11.9. The first-order chi connectivity index (χ1) is 25.4. The summed E-state index contributed by atoms with van der Waals surface area (Å²) in [5.74, 6) is 0.895. The standard InChI is InChI=1S/C36H28Cl2N12S2/c1-23-5-3-7-25(17-23)21-47-43-33(41-45-47)31-19-39-49(29-13-9-27(37)10-14-29)35(31)51-52-36-32(20-40-50(36)30-15-11-28(38)12-16-30)34-42-46-48(44-34)22-26-8-4-6-24(2)18-26/h3-20H,21-22H2,1-2H3. The first-order valence-corrected chi connectivity index (χ1v) is 19.0. The molecule has 0 radical (unpaired) electrons. The van der Waals surface area contributed by atoms with Crippen LogP contribution in [0, 0.1) is 13.8 Å². The second-order valence-corrected chi connectivity index (χ2v) is 14.9. The Labute approximate surface area is 316 Å². The molecule has 4 aromatic heterocycles. The van der Waals surface area contributed by atoms with Crippen LogP contribution >= 0.6 is 44.8 Å². The van der Waals surface area contributed by atoms with Gasteiger partial charge in [-0.05, 0) is 106 Å². The van der Waals surface area contributed by atoms with Crippen LogP contribution in [0.1, 0.15) is 22.3 Å². The highest BCUT2D eigenvalue weighted by atomic mass is 35.5. The van der Waals surface area contributed by atoms with Gasteiger partial charge >= 0.3 is 0 Å². The van der Waals surface area contributed by atoms with Gasteiger partial charge in [0.1, 0.15) is 10.1 Å². The Bertz CT molecular complexity index is 2310. The minimum absolute atomic E-state index is 0.447. The highest BCUT2D eigenvalue weighted by Crippen LogP contribution is 2.45. The van der Waals surface area contributed by atoms with Gasteiger partial charge in [-0.2, -0.15) is 19.8 Å². The molecule has 4 aromatic carbocycles. The maximum Gasteiger partial charge on any atom is 0.209 e. The fourth-order valence-corrected chi connectivity index (χ4v) is 8.30. The quantitative estimate of drug-likeness (QED) is 0.119. The van der Waals surface area contributed by atoms with Crippen LogP contribution in [0.4, 0.5) is 0 Å². The molecule has 0 atom stereocenters. The van der Waals surface area contributed by atoms with Crippen LogP contribution in [0.15, 0.2) is 120 Å². The van der Waals surface area contributed by atoms with Crippen molar-refractivity contribution < 1.29 is 0 Å². The molecule has 12 nitrogen and oxygen atoms in total. The van der Waals surface area contributed by atoms with Gasteiger partial charge in [-0.25, -0.2) is 9.36 Å². The first-order valence-electron chi connectivity index (χ1n) is 16.1. The van der Waals surface area contributed by atoms with Gasteiger partial charge in [0, 0.05) is 10.0 Å². The Kier molecular flexibility index (Phi) is 9.60. The van der Waals surface area contributed by atoms with Crippen LogP contribution < -0.4 is 0 Å². The minimum Gasteiger partial charge on any atom is -0.226 e. The minimum atomic E-state index is 0.447. The lowest BCUT2D eigenvalue weighted by Gasteiger charge is -2.11. The molecule has 0 N–H and O–H groups in total. The number of halogens is 2. The zero-order valence-corrected chi connectivity index (χ0v) is 30.9. The topological polar surface area (TPSA) is 123 Å². The smallest absolute Gasteiger partial charge is 0.209 e. The number of aromatic nitrogens is 12. The predicted octanol–water partition coefficient (Wildman–Crippen LogP) is 8.18. The predicted molar refractivity (Wildman–Crippen MR) is 203 cm³/mol. The summed E-state index contributed by atoms with van der Waals surface area (Å²) in [7, 11) is 2.95. The van der Waals surface area contributed by atoms with E-state index >= 15 is 0 Å². The van der Waals surface area contributed by atoms with Crippen molar-refractivity contribution in [1.82, 2.24) is 60.0 Å². The van der Waals surface area contributed by atoms with E-state index < -0.39 is 0 Å². The third kappa shape index (κ3) is 7.37. The third-order valence-electron chi connectivity index (χ3n) is 7.99. The largest absolute Gasteiger partial charge is 0.226 e. The summed E-state index contributed by atoms with van der Waals surface area (Å²) in [5.41, 5.74) is 7.56. The monoisotopic (exact) mass is 762 g/mol. The van der Waals surface area contributed by atoms with Gasteiger partial charge in [0.05, 0.1) is 48.0 Å². The van der Waals surface area contributed by atoms with Crippen molar-refractivity contribution in [2.75, 3.05) is 0 Å². The van der Waals surface area contributed by atoms with Crippen molar-refractivity contribution in [1.29, 1.82) is 0 Å². The molecule has 258 valence electrons. The van der Waals surface area contributed by atoms with E-state index in [1.807, 2.05) is 82.2 Å². The fourth-order valence-electron chi connectivity index (χ4n) is 5.54. The molecule has 0 fully saturated rings. The number of tetrazole rings is 2. The Morgan fingerprint density at radius 3 is 1.38 bits per heavy atom. The number of hydrogen-bond acceptors (Lipinski definition) is 10. The van der Waals surface area contributed by atoms with E-state index in [1.165, 1.54) is 32.7 Å². The Morgan fingerprint density at radius 1 is 0.558 bits per heavy atom. The molecule has 0 saturated heterocycles. The summed E-state index contributed by atoms with van der Waals surface area (Å²) in [6.45, 7) is 5.09. The van der Waals surface area contributed by atoms with E-state index in [-0.39, 0.29) is 0 Å². The molecule has 8 rings (SSSR count). The third-order valence-corrected chi connectivity index (χ3v) is 10.9. The molecular weight excluding hydrogens is 736 g/mol. The highest BCUT2D eigenvalue weighted by molar-refractivity contribution is 8.76. The Balaban J connectivity index is 1.16. The van der Waals surface area contributed by atoms with Crippen molar-refractivity contribution in [3.8, 4) is 34.2 Å². The zero-order valence-electron chi connectivity index (χ0n) is 27.7. The van der Waals surface area contributed by atoms with E-state index in [1.54, 1.807) is 22.0 Å². The highest BCUT2D eigenvalue weighted by Gasteiger charge is 2.24. The molecule has 0 saturated carbocycles. The van der Waals surface area contributed by atoms with Crippen LogP contribution in [0.2, 0.25) is 10.0 Å². The van der Waals surface area contributed by atoms with Gasteiger partial charge in [-0.15, -0.1) is 20.4 Å². The van der Waals surface area contributed by atoms with Crippen molar-refractivity contribution in [3.05, 3.63) is 142 Å². The average molecular weight is 764 g/mol. The lowest BCUT2D eigenvalue weighted by Crippen LogP contribution is -2.04. The zero-order chi connectivity index (χ0) is 35.6. The van der Waals surface area contributed by atoms with Gasteiger partial charge < -0.3 is 0 Å². The number of rotatable bonds is 11. The maximum absolute atomic E-state index is 6.26. The normalized spacial score (nSPS) is 11.4. The molecule has 0 aliphatic carbocycles. The summed E-state index contributed by atoms with van der Waals surface area (Å²) >= 11 is 12.5. The average Bonchev–Trinajstić information content (AvgIpc) is 3.95. The molecule has 8 aromatic rings. The number of aryl methyl sites for hydroxylation is 2. The number of nitrogens with zero attached hydrogens (tertiary/aromatic N) is 12.